The molecule has 314 valence electrons. The number of hydrogen-bond donors (Lipinski definition) is 0. The second kappa shape index (κ2) is 14.6. The minimum atomic E-state index is -3.39. The van der Waals surface area contributed by atoms with Gasteiger partial charge in [0.25, 0.3) is 0 Å². The van der Waals surface area contributed by atoms with Crippen LogP contribution in [0, 0.1) is 0 Å². The molecular formula is C59H39N7Si. The van der Waals surface area contributed by atoms with E-state index in [9.17, 15) is 0 Å². The number of para-hydroxylation sites is 8. The van der Waals surface area contributed by atoms with Crippen molar-refractivity contribution in [2.75, 3.05) is 0 Å². The number of nitrogens with zero attached hydrogens (tertiary/aromatic N) is 7. The highest BCUT2D eigenvalue weighted by molar-refractivity contribution is 7.19. The molecule has 0 N–H and O–H groups in total. The van der Waals surface area contributed by atoms with E-state index >= 15 is 0 Å². The maximum absolute atomic E-state index is 5.95. The van der Waals surface area contributed by atoms with Crippen molar-refractivity contribution >= 4 is 100 Å². The number of hydrogen-bond acceptors (Lipinski definition) is 3. The van der Waals surface area contributed by atoms with Crippen molar-refractivity contribution in [1.29, 1.82) is 0 Å². The fraction of sp³-hybridized carbons (Fsp3) is 0. The molecule has 8 heteroatoms. The van der Waals surface area contributed by atoms with E-state index in [-0.39, 0.29) is 0 Å². The van der Waals surface area contributed by atoms with E-state index in [4.69, 9.17) is 15.0 Å². The molecule has 0 saturated carbocycles. The Balaban J connectivity index is 1.14. The first-order chi connectivity index (χ1) is 33.3. The molecule has 67 heavy (non-hydrogen) atoms. The van der Waals surface area contributed by atoms with Gasteiger partial charge in [0.05, 0.1) is 44.1 Å². The summed E-state index contributed by atoms with van der Waals surface area (Å²) in [5.41, 5.74) is 9.55. The summed E-state index contributed by atoms with van der Waals surface area (Å²) in [6.07, 6.45) is 0. The van der Waals surface area contributed by atoms with Crippen LogP contribution >= 0.6 is 0 Å². The van der Waals surface area contributed by atoms with Gasteiger partial charge in [0.1, 0.15) is 5.82 Å². The highest BCUT2D eigenvalue weighted by Gasteiger charge is 2.44. The molecule has 0 radical (unpaired) electrons. The Hall–Kier alpha value is -8.85. The largest absolute Gasteiger partial charge is 0.294 e. The van der Waals surface area contributed by atoms with Crippen molar-refractivity contribution in [2.45, 2.75) is 0 Å². The maximum atomic E-state index is 5.95. The first-order valence-electron chi connectivity index (χ1n) is 22.7. The zero-order valence-corrected chi connectivity index (χ0v) is 37.1. The van der Waals surface area contributed by atoms with Gasteiger partial charge in [-0.05, 0) is 82.3 Å². The second-order valence-corrected chi connectivity index (χ2v) is 21.0. The van der Waals surface area contributed by atoms with E-state index in [2.05, 4.69) is 255 Å². The van der Waals surface area contributed by atoms with Crippen LogP contribution in [-0.4, -0.2) is 41.1 Å². The first kappa shape index (κ1) is 37.5. The van der Waals surface area contributed by atoms with Crippen LogP contribution < -0.4 is 20.9 Å². The van der Waals surface area contributed by atoms with Gasteiger partial charge in [-0.15, -0.1) is 0 Å². The monoisotopic (exact) mass is 873 g/mol. The molecular weight excluding hydrogens is 835 g/mol. The fourth-order valence-corrected chi connectivity index (χ4v) is 15.5. The topological polar surface area (TPSA) is 57.9 Å². The minimum Gasteiger partial charge on any atom is -0.294 e. The van der Waals surface area contributed by atoms with Crippen LogP contribution in [0.1, 0.15) is 0 Å². The van der Waals surface area contributed by atoms with E-state index in [1.165, 1.54) is 26.3 Å². The molecule has 9 aromatic carbocycles. The smallest absolute Gasteiger partial charge is 0.236 e. The molecule has 0 atom stereocenters. The van der Waals surface area contributed by atoms with Gasteiger partial charge in [-0.2, -0.15) is 4.98 Å². The number of aromatic nitrogens is 7. The Morgan fingerprint density at radius 2 is 0.776 bits per heavy atom. The van der Waals surface area contributed by atoms with Gasteiger partial charge in [-0.1, -0.05) is 170 Å². The number of imidazole rings is 2. The number of benzene rings is 9. The summed E-state index contributed by atoms with van der Waals surface area (Å²) in [7, 11) is -3.39. The Morgan fingerprint density at radius 3 is 1.36 bits per heavy atom. The van der Waals surface area contributed by atoms with Crippen molar-refractivity contribution in [3.63, 3.8) is 0 Å². The van der Waals surface area contributed by atoms with Gasteiger partial charge in [-0.25, -0.2) is 9.97 Å². The molecule has 0 amide bonds. The SMILES string of the molecule is c1ccc([Si](c2ccccc2)(c2cccc(-n3c4ccccc4n4c5ccccc5nc34)c2)c2cc(-n3c4ccccc4c4ccccc43)nc(-n3c4ccccc4c4ccccc43)n2)cc1. The average Bonchev–Trinajstić information content (AvgIpc) is 4.13. The average molecular weight is 874 g/mol. The van der Waals surface area contributed by atoms with Crippen molar-refractivity contribution in [1.82, 2.24) is 33.1 Å². The second-order valence-electron chi connectivity index (χ2n) is 17.2. The van der Waals surface area contributed by atoms with Crippen LogP contribution in [0.5, 0.6) is 0 Å². The van der Waals surface area contributed by atoms with Crippen molar-refractivity contribution in [3.05, 3.63) is 237 Å². The lowest BCUT2D eigenvalue weighted by Crippen LogP contribution is -2.75. The van der Waals surface area contributed by atoms with Crippen molar-refractivity contribution in [2.24, 2.45) is 0 Å². The number of fused-ring (bicyclic) bond motifs is 11. The third-order valence-corrected chi connectivity index (χ3v) is 18.3. The summed E-state index contributed by atoms with van der Waals surface area (Å²) >= 11 is 0. The zero-order valence-electron chi connectivity index (χ0n) is 36.1. The molecule has 7 nitrogen and oxygen atoms in total. The normalized spacial score (nSPS) is 12.2. The predicted molar refractivity (Wildman–Crippen MR) is 277 cm³/mol. The first-order valence-corrected chi connectivity index (χ1v) is 24.7. The van der Waals surface area contributed by atoms with Crippen LogP contribution in [-0.2, 0) is 0 Å². The Morgan fingerprint density at radius 1 is 0.313 bits per heavy atom. The summed E-state index contributed by atoms with van der Waals surface area (Å²) in [6.45, 7) is 0. The lowest BCUT2D eigenvalue weighted by molar-refractivity contribution is 0.959. The molecule has 14 aromatic rings. The summed E-state index contributed by atoms with van der Waals surface area (Å²) in [6, 6.07) is 85.2. The summed E-state index contributed by atoms with van der Waals surface area (Å²) in [5.74, 6) is 2.30. The summed E-state index contributed by atoms with van der Waals surface area (Å²) in [5, 5.41) is 9.26. The number of rotatable bonds is 7. The predicted octanol–water partition coefficient (Wildman–Crippen LogP) is 10.8. The van der Waals surface area contributed by atoms with Gasteiger partial charge in [0.15, 0.2) is 0 Å². The molecule has 0 fully saturated rings. The summed E-state index contributed by atoms with van der Waals surface area (Å²) in [4.78, 5) is 16.9. The standard InChI is InChI=1S/C59H39N7Si/c1-3-21-41(22-4-1)67(42-23-5-2-6-24-42,43-25-19-20-40(38-43)63-54-36-17-18-37-55(54)66-53-35-16-11-30-48(53)60-59(63)66)57-39-56(64-49-31-12-7-26-44(49)45-27-8-13-32-50(45)64)61-58(62-57)65-51-33-14-9-28-46(51)47-29-10-15-34-52(47)65/h1-39H. The molecule has 5 aromatic heterocycles. The quantitative estimate of drug-likeness (QED) is 0.118. The zero-order chi connectivity index (χ0) is 44.1. The highest BCUT2D eigenvalue weighted by Crippen LogP contribution is 2.35. The Bertz CT molecular complexity index is 3960. The van der Waals surface area contributed by atoms with E-state index in [0.717, 1.165) is 77.5 Å². The Labute approximate surface area is 385 Å². The van der Waals surface area contributed by atoms with Crippen molar-refractivity contribution < 1.29 is 0 Å². The molecule has 5 heterocycles. The van der Waals surface area contributed by atoms with E-state index in [1.54, 1.807) is 0 Å². The third kappa shape index (κ3) is 5.42. The molecule has 0 aliphatic heterocycles. The van der Waals surface area contributed by atoms with Crippen LogP contribution in [0.4, 0.5) is 0 Å². The lowest BCUT2D eigenvalue weighted by atomic mass is 10.2. The molecule has 0 bridgehead atoms. The molecule has 0 saturated heterocycles. The van der Waals surface area contributed by atoms with Gasteiger partial charge < -0.3 is 0 Å². The summed E-state index contributed by atoms with van der Waals surface area (Å²) < 4.78 is 9.21. The van der Waals surface area contributed by atoms with Crippen LogP contribution in [0.15, 0.2) is 237 Å². The molecule has 0 aliphatic rings. The van der Waals surface area contributed by atoms with Crippen LogP contribution in [0.25, 0.3) is 88.9 Å². The maximum Gasteiger partial charge on any atom is 0.236 e. The third-order valence-electron chi connectivity index (χ3n) is 13.7. The fourth-order valence-electron chi connectivity index (χ4n) is 10.9. The molecule has 0 aliphatic carbocycles. The Kier molecular flexibility index (Phi) is 8.17. The van der Waals surface area contributed by atoms with E-state index in [1.807, 2.05) is 0 Å². The van der Waals surface area contributed by atoms with E-state index in [0.29, 0.717) is 5.95 Å². The van der Waals surface area contributed by atoms with Gasteiger partial charge in [-0.3, -0.25) is 18.1 Å². The highest BCUT2D eigenvalue weighted by atomic mass is 28.3. The minimum absolute atomic E-state index is 0.619. The van der Waals surface area contributed by atoms with Crippen LogP contribution in [0.2, 0.25) is 0 Å². The van der Waals surface area contributed by atoms with Gasteiger partial charge >= 0.3 is 0 Å². The lowest BCUT2D eigenvalue weighted by Gasteiger charge is -2.34. The molecule has 14 rings (SSSR count). The van der Waals surface area contributed by atoms with Gasteiger partial charge in [0.2, 0.25) is 19.8 Å². The molecule has 0 spiro atoms. The van der Waals surface area contributed by atoms with E-state index < -0.39 is 8.07 Å². The van der Waals surface area contributed by atoms with Gasteiger partial charge in [0, 0.05) is 32.5 Å². The van der Waals surface area contributed by atoms with Crippen molar-refractivity contribution in [3.8, 4) is 17.5 Å². The molecule has 0 unspecified atom stereocenters. The van der Waals surface area contributed by atoms with Crippen LogP contribution in [0.3, 0.4) is 0 Å².